The molecule has 0 unspecified atom stereocenters. The molecule has 1 amide bonds. The Morgan fingerprint density at radius 1 is 1.30 bits per heavy atom. The van der Waals surface area contributed by atoms with Gasteiger partial charge in [-0.1, -0.05) is 24.3 Å². The summed E-state index contributed by atoms with van der Waals surface area (Å²) in [5.74, 6) is 0.928. The summed E-state index contributed by atoms with van der Waals surface area (Å²) in [7, 11) is 1.67. The number of amides is 1. The van der Waals surface area contributed by atoms with Gasteiger partial charge in [0.25, 0.3) is 0 Å². The van der Waals surface area contributed by atoms with Crippen LogP contribution >= 0.6 is 11.3 Å². The lowest BCUT2D eigenvalue weighted by Gasteiger charge is -2.20. The van der Waals surface area contributed by atoms with Crippen molar-refractivity contribution in [2.45, 2.75) is 24.8 Å². The molecule has 1 aliphatic carbocycles. The molecule has 1 heterocycles. The van der Waals surface area contributed by atoms with Crippen molar-refractivity contribution in [1.82, 2.24) is 5.32 Å². The molecule has 1 N–H and O–H groups in total. The van der Waals surface area contributed by atoms with Gasteiger partial charge in [0.2, 0.25) is 5.91 Å². The van der Waals surface area contributed by atoms with Crippen molar-refractivity contribution in [3.63, 3.8) is 0 Å². The summed E-state index contributed by atoms with van der Waals surface area (Å²) in [4.78, 5) is 13.3. The Morgan fingerprint density at radius 3 is 2.75 bits per heavy atom. The lowest BCUT2D eigenvalue weighted by atomic mass is 10.0. The van der Waals surface area contributed by atoms with E-state index in [1.54, 1.807) is 18.4 Å². The molecule has 1 aromatic carbocycles. The summed E-state index contributed by atoms with van der Waals surface area (Å²) >= 11 is 1.62. The molecule has 20 heavy (non-hydrogen) atoms. The van der Waals surface area contributed by atoms with Crippen molar-refractivity contribution < 1.29 is 9.53 Å². The summed E-state index contributed by atoms with van der Waals surface area (Å²) in [5.41, 5.74) is 0.864. The van der Waals surface area contributed by atoms with Crippen LogP contribution < -0.4 is 10.1 Å². The van der Waals surface area contributed by atoms with Gasteiger partial charge in [0.05, 0.1) is 19.1 Å². The largest absolute Gasteiger partial charge is 0.496 e. The van der Waals surface area contributed by atoms with Gasteiger partial charge >= 0.3 is 0 Å². The van der Waals surface area contributed by atoms with Crippen LogP contribution in [0, 0.1) is 0 Å². The number of hydrogen-bond donors (Lipinski definition) is 1. The van der Waals surface area contributed by atoms with Gasteiger partial charge in [-0.25, -0.2) is 0 Å². The van der Waals surface area contributed by atoms with Crippen molar-refractivity contribution in [2.75, 3.05) is 7.11 Å². The quantitative estimate of drug-likeness (QED) is 0.917. The van der Waals surface area contributed by atoms with Gasteiger partial charge in [-0.15, -0.1) is 11.3 Å². The maximum Gasteiger partial charge on any atom is 0.225 e. The number of methoxy groups -OCH3 is 1. The number of carbonyl (C=O) groups excluding carboxylic acids is 1. The smallest absolute Gasteiger partial charge is 0.225 e. The lowest BCUT2D eigenvalue weighted by molar-refractivity contribution is -0.121. The zero-order valence-electron chi connectivity index (χ0n) is 11.4. The molecule has 3 rings (SSSR count). The number of thiophene rings is 1. The second-order valence-corrected chi connectivity index (χ2v) is 6.12. The van der Waals surface area contributed by atoms with Crippen molar-refractivity contribution in [3.05, 3.63) is 52.2 Å². The molecule has 0 saturated heterocycles. The molecular weight excluding hydrogens is 270 g/mol. The van der Waals surface area contributed by atoms with E-state index in [1.165, 1.54) is 0 Å². The number of para-hydroxylation sites is 1. The summed E-state index contributed by atoms with van der Waals surface area (Å²) < 4.78 is 5.41. The Bertz CT molecular complexity index is 603. The lowest BCUT2D eigenvalue weighted by Crippen LogP contribution is -2.36. The van der Waals surface area contributed by atoms with Crippen LogP contribution in [0.25, 0.3) is 0 Å². The van der Waals surface area contributed by atoms with Gasteiger partial charge in [0.15, 0.2) is 0 Å². The third-order valence-corrected chi connectivity index (χ3v) is 4.54. The first-order valence-electron chi connectivity index (χ1n) is 6.70. The zero-order chi connectivity index (χ0) is 14.0. The molecule has 0 radical (unpaired) electrons. The Hall–Kier alpha value is -1.81. The molecule has 1 aromatic heterocycles. The minimum Gasteiger partial charge on any atom is -0.496 e. The van der Waals surface area contributed by atoms with Crippen LogP contribution in [-0.2, 0) is 16.8 Å². The molecule has 104 valence electrons. The topological polar surface area (TPSA) is 38.3 Å². The first-order valence-corrected chi connectivity index (χ1v) is 7.58. The molecule has 2 aromatic rings. The highest BCUT2D eigenvalue weighted by Gasteiger charge is 2.47. The van der Waals surface area contributed by atoms with Crippen LogP contribution in [0.15, 0.2) is 41.8 Å². The second kappa shape index (κ2) is 5.29. The van der Waals surface area contributed by atoms with Crippen LogP contribution in [0.4, 0.5) is 0 Å². The van der Waals surface area contributed by atoms with Crippen LogP contribution in [0.1, 0.15) is 23.3 Å². The SMILES string of the molecule is COc1ccccc1C1(NC(=O)Cc2cccs2)CC1. The molecule has 0 bridgehead atoms. The van der Waals surface area contributed by atoms with E-state index in [2.05, 4.69) is 5.32 Å². The molecule has 0 atom stereocenters. The Morgan fingerprint density at radius 2 is 2.10 bits per heavy atom. The van der Waals surface area contributed by atoms with Gasteiger partial charge in [-0.2, -0.15) is 0 Å². The number of nitrogens with one attached hydrogen (secondary N) is 1. The second-order valence-electron chi connectivity index (χ2n) is 5.09. The molecule has 0 aliphatic heterocycles. The summed E-state index contributed by atoms with van der Waals surface area (Å²) in [6, 6.07) is 11.9. The van der Waals surface area contributed by atoms with E-state index in [4.69, 9.17) is 4.74 Å². The first-order chi connectivity index (χ1) is 9.73. The van der Waals surface area contributed by atoms with Crippen molar-refractivity contribution in [1.29, 1.82) is 0 Å². The predicted molar refractivity (Wildman–Crippen MR) is 80.1 cm³/mol. The van der Waals surface area contributed by atoms with Crippen molar-refractivity contribution >= 4 is 17.2 Å². The van der Waals surface area contributed by atoms with E-state index in [0.29, 0.717) is 6.42 Å². The molecule has 4 heteroatoms. The average Bonchev–Trinajstić information content (AvgIpc) is 3.05. The maximum absolute atomic E-state index is 12.2. The van der Waals surface area contributed by atoms with Gasteiger partial charge in [0.1, 0.15) is 5.75 Å². The van der Waals surface area contributed by atoms with E-state index >= 15 is 0 Å². The first kappa shape index (κ1) is 13.2. The van der Waals surface area contributed by atoms with Gasteiger partial charge < -0.3 is 10.1 Å². The van der Waals surface area contributed by atoms with Crippen molar-refractivity contribution in [2.24, 2.45) is 0 Å². The fourth-order valence-corrected chi connectivity index (χ4v) is 3.21. The normalized spacial score (nSPS) is 15.7. The number of hydrogen-bond acceptors (Lipinski definition) is 3. The summed E-state index contributed by atoms with van der Waals surface area (Å²) in [6.45, 7) is 0. The number of benzene rings is 1. The highest BCUT2D eigenvalue weighted by atomic mass is 32.1. The van der Waals surface area contributed by atoms with Gasteiger partial charge in [-0.05, 0) is 30.4 Å². The number of carbonyl (C=O) groups is 1. The fraction of sp³-hybridized carbons (Fsp3) is 0.312. The average molecular weight is 287 g/mol. The van der Waals surface area contributed by atoms with E-state index in [-0.39, 0.29) is 11.4 Å². The van der Waals surface area contributed by atoms with Crippen LogP contribution in [-0.4, -0.2) is 13.0 Å². The van der Waals surface area contributed by atoms with Crippen molar-refractivity contribution in [3.8, 4) is 5.75 Å². The molecule has 3 nitrogen and oxygen atoms in total. The molecule has 1 aliphatic rings. The van der Waals surface area contributed by atoms with E-state index in [0.717, 1.165) is 29.0 Å². The third-order valence-electron chi connectivity index (χ3n) is 3.67. The standard InChI is InChI=1S/C16H17NO2S/c1-19-14-7-3-2-6-13(14)16(8-9-16)17-15(18)11-12-5-4-10-20-12/h2-7,10H,8-9,11H2,1H3,(H,17,18). The van der Waals surface area contributed by atoms with Crippen LogP contribution in [0.5, 0.6) is 5.75 Å². The fourth-order valence-electron chi connectivity index (χ4n) is 2.51. The molecule has 0 spiro atoms. The number of rotatable bonds is 5. The Balaban J connectivity index is 1.74. The zero-order valence-corrected chi connectivity index (χ0v) is 12.2. The highest BCUT2D eigenvalue weighted by Crippen LogP contribution is 2.48. The van der Waals surface area contributed by atoms with Crippen LogP contribution in [0.2, 0.25) is 0 Å². The summed E-state index contributed by atoms with van der Waals surface area (Å²) in [6.07, 6.45) is 2.40. The molecule has 1 fully saturated rings. The monoisotopic (exact) mass is 287 g/mol. The minimum absolute atomic E-state index is 0.0795. The molecular formula is C16H17NO2S. The van der Waals surface area contributed by atoms with Gasteiger partial charge in [0, 0.05) is 10.4 Å². The maximum atomic E-state index is 12.2. The van der Waals surface area contributed by atoms with E-state index in [1.807, 2.05) is 41.8 Å². The minimum atomic E-state index is -0.221. The van der Waals surface area contributed by atoms with Crippen LogP contribution in [0.3, 0.4) is 0 Å². The molecule has 1 saturated carbocycles. The van der Waals surface area contributed by atoms with Gasteiger partial charge in [-0.3, -0.25) is 4.79 Å². The van der Waals surface area contributed by atoms with E-state index in [9.17, 15) is 4.79 Å². The number of ether oxygens (including phenoxy) is 1. The highest BCUT2D eigenvalue weighted by molar-refractivity contribution is 7.10. The Labute approximate surface area is 122 Å². The van der Waals surface area contributed by atoms with E-state index < -0.39 is 0 Å². The summed E-state index contributed by atoms with van der Waals surface area (Å²) in [5, 5.41) is 5.18. The third kappa shape index (κ3) is 2.56. The predicted octanol–water partition coefficient (Wildman–Crippen LogP) is 3.10. The Kier molecular flexibility index (Phi) is 3.49.